The number of rotatable bonds is 4. The summed E-state index contributed by atoms with van der Waals surface area (Å²) < 4.78 is 33.9. The number of hydrogen-bond acceptors (Lipinski definition) is 4. The normalized spacial score (nSPS) is 17.3. The largest absolute Gasteiger partial charge is 0.463 e. The van der Waals surface area contributed by atoms with E-state index in [0.29, 0.717) is 17.9 Å². The zero-order valence-electron chi connectivity index (χ0n) is 13.6. The zero-order chi connectivity index (χ0) is 18.1. The van der Waals surface area contributed by atoms with Crippen molar-refractivity contribution in [1.29, 1.82) is 0 Å². The molecule has 0 fully saturated rings. The Kier molecular flexibility index (Phi) is 4.42. The molecule has 0 saturated carbocycles. The molecule has 0 unspecified atom stereocenters. The van der Waals surface area contributed by atoms with Crippen molar-refractivity contribution in [2.24, 2.45) is 5.10 Å². The summed E-state index contributed by atoms with van der Waals surface area (Å²) in [5.41, 5.74) is 1.48. The van der Waals surface area contributed by atoms with E-state index in [0.717, 1.165) is 10.0 Å². The van der Waals surface area contributed by atoms with Crippen LogP contribution in [-0.2, 0) is 10.0 Å². The summed E-state index contributed by atoms with van der Waals surface area (Å²) in [7, 11) is -3.78. The molecule has 7 heteroatoms. The minimum Gasteiger partial charge on any atom is -0.463 e. The van der Waals surface area contributed by atoms with Crippen molar-refractivity contribution < 1.29 is 12.8 Å². The minimum atomic E-state index is -3.78. The van der Waals surface area contributed by atoms with Crippen LogP contribution < -0.4 is 0 Å². The Labute approximate surface area is 160 Å². The Morgan fingerprint density at radius 2 is 1.85 bits per heavy atom. The van der Waals surface area contributed by atoms with Gasteiger partial charge in [0.25, 0.3) is 10.0 Å². The van der Waals surface area contributed by atoms with Gasteiger partial charge in [-0.25, -0.2) is 0 Å². The Morgan fingerprint density at radius 1 is 1.04 bits per heavy atom. The molecule has 26 heavy (non-hydrogen) atoms. The fourth-order valence-corrected chi connectivity index (χ4v) is 4.84. The van der Waals surface area contributed by atoms with Crippen LogP contribution in [0.5, 0.6) is 0 Å². The van der Waals surface area contributed by atoms with E-state index in [9.17, 15) is 8.42 Å². The highest BCUT2D eigenvalue weighted by molar-refractivity contribution is 9.10. The van der Waals surface area contributed by atoms with E-state index in [1.54, 1.807) is 48.7 Å². The molecule has 5 nitrogen and oxygen atoms in total. The van der Waals surface area contributed by atoms with Crippen molar-refractivity contribution >= 4 is 31.7 Å². The predicted molar refractivity (Wildman–Crippen MR) is 102 cm³/mol. The van der Waals surface area contributed by atoms with Gasteiger partial charge in [-0.2, -0.15) is 17.9 Å². The van der Waals surface area contributed by atoms with Crippen LogP contribution in [0.3, 0.4) is 0 Å². The fourth-order valence-electron chi connectivity index (χ4n) is 2.96. The van der Waals surface area contributed by atoms with E-state index in [1.165, 1.54) is 4.41 Å². The van der Waals surface area contributed by atoms with Gasteiger partial charge in [-0.15, -0.1) is 0 Å². The van der Waals surface area contributed by atoms with Gasteiger partial charge in [-0.05, 0) is 42.0 Å². The Morgan fingerprint density at radius 3 is 2.54 bits per heavy atom. The van der Waals surface area contributed by atoms with E-state index < -0.39 is 16.1 Å². The number of benzene rings is 2. The van der Waals surface area contributed by atoms with Gasteiger partial charge >= 0.3 is 0 Å². The molecule has 0 spiro atoms. The topological polar surface area (TPSA) is 62.9 Å². The van der Waals surface area contributed by atoms with Gasteiger partial charge < -0.3 is 4.42 Å². The molecule has 4 rings (SSSR count). The van der Waals surface area contributed by atoms with Crippen molar-refractivity contribution in [3.63, 3.8) is 0 Å². The molecule has 1 aromatic heterocycles. The van der Waals surface area contributed by atoms with Crippen LogP contribution in [0, 0.1) is 0 Å². The van der Waals surface area contributed by atoms with Crippen molar-refractivity contribution in [3.8, 4) is 0 Å². The van der Waals surface area contributed by atoms with Gasteiger partial charge in [-0.1, -0.05) is 46.3 Å². The lowest BCUT2D eigenvalue weighted by molar-refractivity contribution is 0.371. The van der Waals surface area contributed by atoms with Gasteiger partial charge in [0, 0.05) is 10.9 Å². The molecule has 3 aromatic rings. The Bertz CT molecular complexity index is 1050. The molecule has 1 aliphatic rings. The first-order valence-electron chi connectivity index (χ1n) is 8.02. The second-order valence-electron chi connectivity index (χ2n) is 5.89. The first-order valence-corrected chi connectivity index (χ1v) is 10.3. The molecule has 0 aliphatic carbocycles. The molecular formula is C19H15BrN2O3S. The van der Waals surface area contributed by atoms with E-state index in [-0.39, 0.29) is 4.90 Å². The van der Waals surface area contributed by atoms with Gasteiger partial charge in [-0.3, -0.25) is 0 Å². The van der Waals surface area contributed by atoms with Crippen molar-refractivity contribution in [3.05, 3.63) is 88.8 Å². The fraction of sp³-hybridized carbons (Fsp3) is 0.105. The third-order valence-corrected chi connectivity index (χ3v) is 6.39. The molecule has 132 valence electrons. The monoisotopic (exact) mass is 430 g/mol. The highest BCUT2D eigenvalue weighted by Crippen LogP contribution is 2.37. The van der Waals surface area contributed by atoms with Gasteiger partial charge in [0.15, 0.2) is 0 Å². The maximum atomic E-state index is 13.2. The van der Waals surface area contributed by atoms with E-state index in [2.05, 4.69) is 21.0 Å². The lowest BCUT2D eigenvalue weighted by Crippen LogP contribution is -2.27. The van der Waals surface area contributed by atoms with E-state index in [1.807, 2.05) is 24.3 Å². The average molecular weight is 431 g/mol. The summed E-state index contributed by atoms with van der Waals surface area (Å²) in [6.45, 7) is 0. The summed E-state index contributed by atoms with van der Waals surface area (Å²) >= 11 is 3.45. The SMILES string of the molecule is O=S(=O)(c1ccccc1)N1N=C(c2ccco2)C[C@@H]1c1cccc(Br)c1. The van der Waals surface area contributed by atoms with E-state index >= 15 is 0 Å². The minimum absolute atomic E-state index is 0.212. The van der Waals surface area contributed by atoms with Gasteiger partial charge in [0.1, 0.15) is 11.5 Å². The number of hydrogen-bond donors (Lipinski definition) is 0. The summed E-state index contributed by atoms with van der Waals surface area (Å²) in [5, 5.41) is 4.42. The molecule has 0 saturated heterocycles. The molecule has 2 aromatic carbocycles. The number of halogens is 1. The van der Waals surface area contributed by atoms with Crippen LogP contribution in [0.1, 0.15) is 23.8 Å². The molecule has 0 bridgehead atoms. The van der Waals surface area contributed by atoms with Gasteiger partial charge in [0.2, 0.25) is 0 Å². The van der Waals surface area contributed by atoms with Crippen LogP contribution in [-0.4, -0.2) is 18.5 Å². The Balaban J connectivity index is 1.81. The smallest absolute Gasteiger partial charge is 0.279 e. The van der Waals surface area contributed by atoms with Crippen LogP contribution in [0.2, 0.25) is 0 Å². The maximum absolute atomic E-state index is 13.2. The predicted octanol–water partition coefficient (Wildman–Crippen LogP) is 4.58. The average Bonchev–Trinajstić information content (AvgIpc) is 3.32. The zero-order valence-corrected chi connectivity index (χ0v) is 16.0. The van der Waals surface area contributed by atoms with Crippen molar-refractivity contribution in [1.82, 2.24) is 4.41 Å². The quantitative estimate of drug-likeness (QED) is 0.608. The highest BCUT2D eigenvalue weighted by Gasteiger charge is 2.38. The molecule has 1 atom stereocenters. The molecule has 1 aliphatic heterocycles. The third kappa shape index (κ3) is 3.08. The third-order valence-electron chi connectivity index (χ3n) is 4.20. The van der Waals surface area contributed by atoms with Crippen molar-refractivity contribution in [2.75, 3.05) is 0 Å². The second kappa shape index (κ2) is 6.74. The van der Waals surface area contributed by atoms with Crippen LogP contribution >= 0.6 is 15.9 Å². The highest BCUT2D eigenvalue weighted by atomic mass is 79.9. The summed E-state index contributed by atoms with van der Waals surface area (Å²) in [4.78, 5) is 0.212. The standard InChI is InChI=1S/C19H15BrN2O3S/c20-15-7-4-6-14(12-15)18-13-17(19-10-5-11-25-19)21-22(18)26(23,24)16-8-2-1-3-9-16/h1-12,18H,13H2/t18-/m1/s1. The van der Waals surface area contributed by atoms with Gasteiger partial charge in [0.05, 0.1) is 17.2 Å². The summed E-state index contributed by atoms with van der Waals surface area (Å²) in [6.07, 6.45) is 2.00. The first kappa shape index (κ1) is 17.1. The summed E-state index contributed by atoms with van der Waals surface area (Å²) in [6, 6.07) is 19.1. The number of furan rings is 1. The van der Waals surface area contributed by atoms with Crippen LogP contribution in [0.15, 0.2) is 91.9 Å². The maximum Gasteiger partial charge on any atom is 0.279 e. The van der Waals surface area contributed by atoms with Crippen molar-refractivity contribution in [2.45, 2.75) is 17.4 Å². The lowest BCUT2D eigenvalue weighted by Gasteiger charge is -2.23. The Hall–Kier alpha value is -2.38. The molecule has 0 N–H and O–H groups in total. The number of hydrazone groups is 1. The van der Waals surface area contributed by atoms with Crippen LogP contribution in [0.25, 0.3) is 0 Å². The summed E-state index contributed by atoms with van der Waals surface area (Å²) in [5.74, 6) is 0.579. The van der Waals surface area contributed by atoms with Crippen LogP contribution in [0.4, 0.5) is 0 Å². The number of nitrogens with zero attached hydrogens (tertiary/aromatic N) is 2. The lowest BCUT2D eigenvalue weighted by atomic mass is 10.0. The second-order valence-corrected chi connectivity index (χ2v) is 8.60. The number of sulfonamides is 1. The molecule has 2 heterocycles. The molecule has 0 radical (unpaired) electrons. The first-order chi connectivity index (χ1) is 12.6. The molecular weight excluding hydrogens is 416 g/mol. The molecule has 0 amide bonds. The van der Waals surface area contributed by atoms with E-state index in [4.69, 9.17) is 4.42 Å².